The Bertz CT molecular complexity index is 392. The zero-order valence-corrected chi connectivity index (χ0v) is 6.16. The average Bonchev–Trinajstić information content (AvgIpc) is 2.32. The van der Waals surface area contributed by atoms with Crippen LogP contribution in [0, 0.1) is 6.92 Å². The van der Waals surface area contributed by atoms with E-state index in [1.54, 1.807) is 0 Å². The molecule has 1 aromatic heterocycles. The minimum Gasteiger partial charge on any atom is -0.380 e. The van der Waals surface area contributed by atoms with Crippen molar-refractivity contribution in [1.82, 2.24) is 5.16 Å². The summed E-state index contributed by atoms with van der Waals surface area (Å²) in [5.41, 5.74) is 7.42. The Morgan fingerprint density at radius 1 is 1.45 bits per heavy atom. The molecule has 0 fully saturated rings. The Kier molecular flexibility index (Phi) is 1.12. The number of rotatable bonds is 0. The van der Waals surface area contributed by atoms with E-state index in [-0.39, 0.29) is 0 Å². The Labute approximate surface area is 63.8 Å². The third-order valence-electron chi connectivity index (χ3n) is 1.66. The van der Waals surface area contributed by atoms with Crippen molar-refractivity contribution in [2.75, 3.05) is 5.73 Å². The van der Waals surface area contributed by atoms with Crippen molar-refractivity contribution >= 4 is 16.8 Å². The molecule has 0 unspecified atom stereocenters. The Balaban J connectivity index is 2.86. The van der Waals surface area contributed by atoms with Gasteiger partial charge in [0.25, 0.3) is 0 Å². The van der Waals surface area contributed by atoms with Crippen LogP contribution in [0.25, 0.3) is 11.0 Å². The van der Waals surface area contributed by atoms with Crippen molar-refractivity contribution in [2.24, 2.45) is 0 Å². The summed E-state index contributed by atoms with van der Waals surface area (Å²) in [6.45, 7) is 2.00. The first kappa shape index (κ1) is 6.22. The summed E-state index contributed by atoms with van der Waals surface area (Å²) in [5.74, 6) is 0.458. The molecule has 0 aliphatic rings. The molecule has 0 amide bonds. The maximum atomic E-state index is 5.52. The third-order valence-corrected chi connectivity index (χ3v) is 1.66. The van der Waals surface area contributed by atoms with E-state index < -0.39 is 0 Å². The number of aromatic nitrogens is 1. The molecule has 11 heavy (non-hydrogen) atoms. The van der Waals surface area contributed by atoms with Crippen LogP contribution in [0.4, 0.5) is 5.82 Å². The third kappa shape index (κ3) is 0.852. The predicted octanol–water partition coefficient (Wildman–Crippen LogP) is 1.72. The predicted molar refractivity (Wildman–Crippen MR) is 43.2 cm³/mol. The monoisotopic (exact) mass is 148 g/mol. The number of fused-ring (bicyclic) bond motifs is 1. The number of nitrogens with two attached hydrogens (primary N) is 1. The normalized spacial score (nSPS) is 10.6. The summed E-state index contributed by atoms with van der Waals surface area (Å²) >= 11 is 0. The molecule has 0 radical (unpaired) electrons. The molecule has 2 rings (SSSR count). The summed E-state index contributed by atoms with van der Waals surface area (Å²) < 4.78 is 4.95. The Morgan fingerprint density at radius 3 is 3.09 bits per heavy atom. The van der Waals surface area contributed by atoms with Gasteiger partial charge in [0.15, 0.2) is 11.4 Å². The molecule has 2 aromatic rings. The number of nitrogens with zero attached hydrogens (tertiary/aromatic N) is 1. The molecule has 1 aromatic carbocycles. The minimum absolute atomic E-state index is 0.458. The molecule has 0 saturated carbocycles. The van der Waals surface area contributed by atoms with Gasteiger partial charge >= 0.3 is 0 Å². The van der Waals surface area contributed by atoms with E-state index in [9.17, 15) is 0 Å². The number of hydrogen-bond acceptors (Lipinski definition) is 3. The van der Waals surface area contributed by atoms with Gasteiger partial charge < -0.3 is 10.3 Å². The van der Waals surface area contributed by atoms with Crippen LogP contribution in [0.1, 0.15) is 5.56 Å². The van der Waals surface area contributed by atoms with Crippen LogP contribution in [0.5, 0.6) is 0 Å². The van der Waals surface area contributed by atoms with Crippen LogP contribution in [0.3, 0.4) is 0 Å². The molecule has 3 nitrogen and oxygen atoms in total. The lowest BCUT2D eigenvalue weighted by atomic mass is 10.2. The quantitative estimate of drug-likeness (QED) is 0.618. The fourth-order valence-electron chi connectivity index (χ4n) is 1.06. The topological polar surface area (TPSA) is 52.0 Å². The Hall–Kier alpha value is -1.51. The lowest BCUT2D eigenvalue weighted by Crippen LogP contribution is -1.82. The molecule has 0 atom stereocenters. The molecule has 0 saturated heterocycles. The fraction of sp³-hybridized carbons (Fsp3) is 0.125. The van der Waals surface area contributed by atoms with Crippen LogP contribution in [0.2, 0.25) is 0 Å². The van der Waals surface area contributed by atoms with E-state index in [0.717, 1.165) is 16.5 Å². The fourth-order valence-corrected chi connectivity index (χ4v) is 1.06. The lowest BCUT2D eigenvalue weighted by Gasteiger charge is -1.88. The number of benzene rings is 1. The molecule has 0 aliphatic carbocycles. The van der Waals surface area contributed by atoms with Crippen molar-refractivity contribution in [1.29, 1.82) is 0 Å². The van der Waals surface area contributed by atoms with Crippen LogP contribution < -0.4 is 5.73 Å². The van der Waals surface area contributed by atoms with E-state index in [0.29, 0.717) is 5.82 Å². The van der Waals surface area contributed by atoms with Gasteiger partial charge in [0, 0.05) is 0 Å². The van der Waals surface area contributed by atoms with Gasteiger partial charge in [-0.25, -0.2) is 0 Å². The van der Waals surface area contributed by atoms with E-state index in [1.165, 1.54) is 0 Å². The average molecular weight is 148 g/mol. The highest BCUT2D eigenvalue weighted by molar-refractivity contribution is 5.87. The van der Waals surface area contributed by atoms with Crippen molar-refractivity contribution in [3.05, 3.63) is 23.8 Å². The first-order valence-corrected chi connectivity index (χ1v) is 3.39. The van der Waals surface area contributed by atoms with Gasteiger partial charge in [0.05, 0.1) is 5.39 Å². The summed E-state index contributed by atoms with van der Waals surface area (Å²) in [5, 5.41) is 4.52. The van der Waals surface area contributed by atoms with Gasteiger partial charge in [-0.3, -0.25) is 0 Å². The van der Waals surface area contributed by atoms with E-state index in [4.69, 9.17) is 10.3 Å². The molecular weight excluding hydrogens is 140 g/mol. The molecule has 3 heteroatoms. The molecule has 1 heterocycles. The molecule has 56 valence electrons. The number of anilines is 1. The second-order valence-electron chi connectivity index (χ2n) is 2.57. The Morgan fingerprint density at radius 2 is 2.27 bits per heavy atom. The zero-order chi connectivity index (χ0) is 7.84. The maximum absolute atomic E-state index is 5.52. The highest BCUT2D eigenvalue weighted by Gasteiger charge is 2.02. The van der Waals surface area contributed by atoms with Gasteiger partial charge in [-0.1, -0.05) is 11.2 Å². The second-order valence-corrected chi connectivity index (χ2v) is 2.57. The first-order valence-electron chi connectivity index (χ1n) is 3.39. The van der Waals surface area contributed by atoms with Crippen molar-refractivity contribution in [3.8, 4) is 0 Å². The molecule has 0 aliphatic heterocycles. The molecular formula is C8H8N2O. The lowest BCUT2D eigenvalue weighted by molar-refractivity contribution is 0.460. The highest BCUT2D eigenvalue weighted by atomic mass is 16.5. The zero-order valence-electron chi connectivity index (χ0n) is 6.16. The van der Waals surface area contributed by atoms with Crippen LogP contribution >= 0.6 is 0 Å². The molecule has 0 bridgehead atoms. The number of hydrogen-bond donors (Lipinski definition) is 1. The summed E-state index contributed by atoms with van der Waals surface area (Å²) in [7, 11) is 0. The number of nitrogen functional groups attached to an aromatic ring is 1. The largest absolute Gasteiger partial charge is 0.380 e. The summed E-state index contributed by atoms with van der Waals surface area (Å²) in [6, 6.07) is 5.81. The van der Waals surface area contributed by atoms with Gasteiger partial charge in [-0.05, 0) is 24.6 Å². The standard InChI is InChI=1S/C8H8N2O/c1-5-2-3-6-7(4-5)11-10-8(6)9/h2-4H,1H3,(H2,9,10). The SMILES string of the molecule is Cc1ccc2c(N)noc2c1. The van der Waals surface area contributed by atoms with Crippen LogP contribution in [0.15, 0.2) is 22.7 Å². The highest BCUT2D eigenvalue weighted by Crippen LogP contribution is 2.20. The van der Waals surface area contributed by atoms with E-state index in [2.05, 4.69) is 5.16 Å². The minimum atomic E-state index is 0.458. The van der Waals surface area contributed by atoms with Crippen molar-refractivity contribution < 1.29 is 4.52 Å². The van der Waals surface area contributed by atoms with Gasteiger partial charge in [-0.15, -0.1) is 0 Å². The number of aryl methyl sites for hydroxylation is 1. The van der Waals surface area contributed by atoms with Crippen LogP contribution in [-0.2, 0) is 0 Å². The van der Waals surface area contributed by atoms with Gasteiger partial charge in [0.2, 0.25) is 0 Å². The van der Waals surface area contributed by atoms with Crippen LogP contribution in [-0.4, -0.2) is 5.16 Å². The first-order chi connectivity index (χ1) is 5.27. The van der Waals surface area contributed by atoms with Gasteiger partial charge in [-0.2, -0.15) is 0 Å². The van der Waals surface area contributed by atoms with Gasteiger partial charge in [0.1, 0.15) is 0 Å². The van der Waals surface area contributed by atoms with E-state index >= 15 is 0 Å². The maximum Gasteiger partial charge on any atom is 0.174 e. The second kappa shape index (κ2) is 1.99. The summed E-state index contributed by atoms with van der Waals surface area (Å²) in [4.78, 5) is 0. The van der Waals surface area contributed by atoms with Crippen molar-refractivity contribution in [3.63, 3.8) is 0 Å². The van der Waals surface area contributed by atoms with E-state index in [1.807, 2.05) is 25.1 Å². The molecule has 0 spiro atoms. The van der Waals surface area contributed by atoms with Crippen molar-refractivity contribution in [2.45, 2.75) is 6.92 Å². The smallest absolute Gasteiger partial charge is 0.174 e. The molecule has 2 N–H and O–H groups in total. The summed E-state index contributed by atoms with van der Waals surface area (Å²) in [6.07, 6.45) is 0.